The second-order valence-electron chi connectivity index (χ2n) is 10.8. The molecule has 0 unspecified atom stereocenters. The maximum absolute atomic E-state index is 14.3. The van der Waals surface area contributed by atoms with Gasteiger partial charge in [0.25, 0.3) is 10.0 Å². The third-order valence-corrected chi connectivity index (χ3v) is 10.5. The number of amides is 2. The predicted octanol–water partition coefficient (Wildman–Crippen LogP) is 7.41. The largest absolute Gasteiger partial charge is 0.352 e. The Labute approximate surface area is 269 Å². The molecule has 0 aromatic heterocycles. The summed E-state index contributed by atoms with van der Waals surface area (Å²) in [6, 6.07) is 16.8. The number of hydrogen-bond acceptors (Lipinski definition) is 4. The Balaban J connectivity index is 1.73. The molecule has 0 saturated heterocycles. The van der Waals surface area contributed by atoms with Gasteiger partial charge in [0.1, 0.15) is 12.6 Å². The van der Waals surface area contributed by atoms with Crippen LogP contribution in [0.1, 0.15) is 56.6 Å². The number of aryl methyl sites for hydroxylation is 1. The minimum absolute atomic E-state index is 0.0203. The first-order chi connectivity index (χ1) is 20.5. The van der Waals surface area contributed by atoms with Crippen molar-refractivity contribution in [1.29, 1.82) is 0 Å². The van der Waals surface area contributed by atoms with Crippen molar-refractivity contribution in [2.75, 3.05) is 10.8 Å². The van der Waals surface area contributed by atoms with E-state index in [0.717, 1.165) is 42.0 Å². The van der Waals surface area contributed by atoms with E-state index in [9.17, 15) is 18.0 Å². The van der Waals surface area contributed by atoms with Crippen LogP contribution in [0.4, 0.5) is 5.69 Å². The highest BCUT2D eigenvalue weighted by Gasteiger charge is 2.35. The summed E-state index contributed by atoms with van der Waals surface area (Å²) in [5, 5.41) is 4.20. The zero-order chi connectivity index (χ0) is 31.1. The van der Waals surface area contributed by atoms with Crippen LogP contribution < -0.4 is 9.62 Å². The predicted molar refractivity (Wildman–Crippen MR) is 173 cm³/mol. The van der Waals surface area contributed by atoms with Crippen molar-refractivity contribution in [3.8, 4) is 0 Å². The van der Waals surface area contributed by atoms with Crippen LogP contribution in [-0.2, 0) is 26.2 Å². The van der Waals surface area contributed by atoms with Crippen LogP contribution in [-0.4, -0.2) is 43.8 Å². The van der Waals surface area contributed by atoms with Crippen molar-refractivity contribution in [3.05, 3.63) is 92.9 Å². The number of carbonyl (C=O) groups is 2. The maximum atomic E-state index is 14.3. The maximum Gasteiger partial charge on any atom is 0.264 e. The molecule has 230 valence electrons. The van der Waals surface area contributed by atoms with Crippen LogP contribution in [0.3, 0.4) is 0 Å². The van der Waals surface area contributed by atoms with Crippen molar-refractivity contribution in [2.45, 2.75) is 75.9 Å². The van der Waals surface area contributed by atoms with Gasteiger partial charge < -0.3 is 10.2 Å². The minimum Gasteiger partial charge on any atom is -0.352 e. The van der Waals surface area contributed by atoms with Gasteiger partial charge in [-0.1, -0.05) is 84.8 Å². The third-order valence-electron chi connectivity index (χ3n) is 7.73. The van der Waals surface area contributed by atoms with Crippen molar-refractivity contribution in [3.63, 3.8) is 0 Å². The average Bonchev–Trinajstić information content (AvgIpc) is 2.98. The van der Waals surface area contributed by atoms with E-state index in [1.165, 1.54) is 29.2 Å². The number of halogens is 3. The quantitative estimate of drug-likeness (QED) is 0.231. The molecule has 11 heteroatoms. The lowest BCUT2D eigenvalue weighted by Gasteiger charge is -2.34. The monoisotopic (exact) mass is 663 g/mol. The zero-order valence-corrected chi connectivity index (χ0v) is 27.3. The Hall–Kier alpha value is -2.78. The first-order valence-electron chi connectivity index (χ1n) is 14.4. The van der Waals surface area contributed by atoms with E-state index in [2.05, 4.69) is 5.32 Å². The second-order valence-corrected chi connectivity index (χ2v) is 13.9. The topological polar surface area (TPSA) is 86.8 Å². The van der Waals surface area contributed by atoms with Crippen LogP contribution in [0, 0.1) is 6.92 Å². The molecule has 1 N–H and O–H groups in total. The molecule has 0 heterocycles. The summed E-state index contributed by atoms with van der Waals surface area (Å²) in [5.74, 6) is -0.854. The zero-order valence-electron chi connectivity index (χ0n) is 24.2. The molecular formula is C32H36Cl3N3O4S. The summed E-state index contributed by atoms with van der Waals surface area (Å²) in [5.41, 5.74) is 1.72. The molecule has 1 fully saturated rings. The van der Waals surface area contributed by atoms with E-state index < -0.39 is 28.5 Å². The number of sulfonamides is 1. The van der Waals surface area contributed by atoms with E-state index in [0.29, 0.717) is 32.7 Å². The Bertz CT molecular complexity index is 1510. The van der Waals surface area contributed by atoms with Crippen molar-refractivity contribution in [1.82, 2.24) is 10.2 Å². The number of nitrogens with zero attached hydrogens (tertiary/aromatic N) is 2. The normalized spacial score (nSPS) is 14.6. The van der Waals surface area contributed by atoms with Crippen LogP contribution in [0.5, 0.6) is 0 Å². The number of carbonyl (C=O) groups excluding carboxylic acids is 2. The van der Waals surface area contributed by atoms with Crippen LogP contribution in [0.15, 0.2) is 71.6 Å². The second kappa shape index (κ2) is 14.8. The summed E-state index contributed by atoms with van der Waals surface area (Å²) in [4.78, 5) is 29.3. The molecule has 3 aromatic rings. The molecule has 2 amide bonds. The Morgan fingerprint density at radius 1 is 0.907 bits per heavy atom. The first kappa shape index (κ1) is 33.1. The van der Waals surface area contributed by atoms with E-state index in [1.54, 1.807) is 42.5 Å². The van der Waals surface area contributed by atoms with Gasteiger partial charge >= 0.3 is 0 Å². The lowest BCUT2D eigenvalue weighted by Crippen LogP contribution is -2.54. The van der Waals surface area contributed by atoms with Crippen LogP contribution in [0.2, 0.25) is 15.1 Å². The molecule has 1 atom stereocenters. The fourth-order valence-electron chi connectivity index (χ4n) is 5.29. The first-order valence-corrected chi connectivity index (χ1v) is 17.0. The van der Waals surface area contributed by atoms with Gasteiger partial charge in [-0.2, -0.15) is 0 Å². The average molecular weight is 665 g/mol. The molecule has 1 aliphatic carbocycles. The fourth-order valence-corrected chi connectivity index (χ4v) is 7.35. The fraction of sp³-hybridized carbons (Fsp3) is 0.375. The SMILES string of the molecule is CC[C@@H](C(=O)NC1CCCCC1)N(Cc1c(Cl)cccc1Cl)C(=O)CN(c1ccc(C)cc1)S(=O)(=O)c1ccc(Cl)cc1. The highest BCUT2D eigenvalue weighted by molar-refractivity contribution is 7.92. The smallest absolute Gasteiger partial charge is 0.264 e. The van der Waals surface area contributed by atoms with E-state index in [1.807, 2.05) is 13.8 Å². The Morgan fingerprint density at radius 3 is 2.09 bits per heavy atom. The van der Waals surface area contributed by atoms with E-state index in [-0.39, 0.29) is 23.4 Å². The van der Waals surface area contributed by atoms with E-state index in [4.69, 9.17) is 34.8 Å². The number of benzene rings is 3. The lowest BCUT2D eigenvalue weighted by atomic mass is 9.95. The molecular weight excluding hydrogens is 629 g/mol. The molecule has 7 nitrogen and oxygen atoms in total. The molecule has 3 aromatic carbocycles. The Morgan fingerprint density at radius 2 is 1.51 bits per heavy atom. The van der Waals surface area contributed by atoms with Crippen LogP contribution in [0.25, 0.3) is 0 Å². The number of nitrogens with one attached hydrogen (secondary N) is 1. The Kier molecular flexibility index (Phi) is 11.4. The summed E-state index contributed by atoms with van der Waals surface area (Å²) < 4.78 is 29.0. The summed E-state index contributed by atoms with van der Waals surface area (Å²) in [7, 11) is -4.20. The lowest BCUT2D eigenvalue weighted by molar-refractivity contribution is -0.140. The molecule has 0 spiro atoms. The van der Waals surface area contributed by atoms with Gasteiger partial charge in [-0.15, -0.1) is 0 Å². The molecule has 0 bridgehead atoms. The number of rotatable bonds is 11. The van der Waals surface area contributed by atoms with Crippen molar-refractivity contribution >= 4 is 62.3 Å². The highest BCUT2D eigenvalue weighted by Crippen LogP contribution is 2.29. The molecule has 0 radical (unpaired) electrons. The van der Waals surface area contributed by atoms with Crippen LogP contribution >= 0.6 is 34.8 Å². The molecule has 1 saturated carbocycles. The van der Waals surface area contributed by atoms with E-state index >= 15 is 0 Å². The number of hydrogen-bond donors (Lipinski definition) is 1. The van der Waals surface area contributed by atoms with Crippen molar-refractivity contribution in [2.24, 2.45) is 0 Å². The summed E-state index contributed by atoms with van der Waals surface area (Å²) >= 11 is 19.0. The molecule has 4 rings (SSSR count). The van der Waals surface area contributed by atoms with Gasteiger partial charge in [0.15, 0.2) is 0 Å². The standard InChI is InChI=1S/C32H36Cl3N3O4S/c1-3-30(32(40)36-24-8-5-4-6-9-24)37(20-27-28(34)10-7-11-29(27)35)31(39)21-38(25-16-12-22(2)13-17-25)43(41,42)26-18-14-23(33)15-19-26/h7,10-19,24,30H,3-6,8-9,20-21H2,1-2H3,(H,36,40)/t30-/m0/s1. The number of anilines is 1. The minimum atomic E-state index is -4.20. The van der Waals surface area contributed by atoms with Gasteiger partial charge in [0.2, 0.25) is 11.8 Å². The summed E-state index contributed by atoms with van der Waals surface area (Å²) in [6.45, 7) is 3.08. The molecule has 43 heavy (non-hydrogen) atoms. The van der Waals surface area contributed by atoms with Gasteiger partial charge in [-0.05, 0) is 74.7 Å². The van der Waals surface area contributed by atoms with Gasteiger partial charge in [-0.25, -0.2) is 8.42 Å². The molecule has 0 aliphatic heterocycles. The summed E-state index contributed by atoms with van der Waals surface area (Å²) in [6.07, 6.45) is 5.28. The third kappa shape index (κ3) is 8.24. The van der Waals surface area contributed by atoms with Gasteiger partial charge in [-0.3, -0.25) is 13.9 Å². The highest BCUT2D eigenvalue weighted by atomic mass is 35.5. The molecule has 1 aliphatic rings. The van der Waals surface area contributed by atoms with Gasteiger partial charge in [0, 0.05) is 33.2 Å². The van der Waals surface area contributed by atoms with Gasteiger partial charge in [0.05, 0.1) is 10.6 Å². The van der Waals surface area contributed by atoms with Crippen molar-refractivity contribution < 1.29 is 18.0 Å².